The first-order valence-electron chi connectivity index (χ1n) is 8.02. The molecule has 2 atom stereocenters. The van der Waals surface area contributed by atoms with E-state index in [1.54, 1.807) is 7.11 Å². The number of anilines is 2. The van der Waals surface area contributed by atoms with E-state index in [0.717, 1.165) is 22.2 Å². The lowest BCUT2D eigenvalue weighted by atomic mass is 9.93. The number of hydrogen-bond donors (Lipinski definition) is 2. The van der Waals surface area contributed by atoms with E-state index in [4.69, 9.17) is 10.5 Å². The number of para-hydroxylation sites is 1. The predicted molar refractivity (Wildman–Crippen MR) is 101 cm³/mol. The average Bonchev–Trinajstić information content (AvgIpc) is 3.01. The van der Waals surface area contributed by atoms with Crippen LogP contribution in [0.2, 0.25) is 0 Å². The molecule has 0 aliphatic carbocycles. The summed E-state index contributed by atoms with van der Waals surface area (Å²) in [5.41, 5.74) is 8.11. The van der Waals surface area contributed by atoms with Crippen LogP contribution in [0.25, 0.3) is 0 Å². The first-order chi connectivity index (χ1) is 12.2. The minimum Gasteiger partial charge on any atom is -0.496 e. The van der Waals surface area contributed by atoms with Crippen molar-refractivity contribution in [3.8, 4) is 5.75 Å². The minimum atomic E-state index is -0.00848. The van der Waals surface area contributed by atoms with Crippen LogP contribution in [0.1, 0.15) is 29.6 Å². The van der Waals surface area contributed by atoms with E-state index < -0.39 is 0 Å². The van der Waals surface area contributed by atoms with Crippen LogP contribution < -0.4 is 15.8 Å². The highest BCUT2D eigenvalue weighted by Gasteiger charge is 2.32. The van der Waals surface area contributed by atoms with Crippen LogP contribution in [0.15, 0.2) is 53.0 Å². The number of nitrogen functional groups attached to an aromatic ring is 1. The van der Waals surface area contributed by atoms with Gasteiger partial charge in [0.2, 0.25) is 11.9 Å². The maximum absolute atomic E-state index is 5.85. The van der Waals surface area contributed by atoms with E-state index in [1.165, 1.54) is 5.56 Å². The van der Waals surface area contributed by atoms with Crippen molar-refractivity contribution < 1.29 is 4.74 Å². The lowest BCUT2D eigenvalue weighted by Gasteiger charge is -2.32. The van der Waals surface area contributed by atoms with E-state index in [2.05, 4.69) is 49.5 Å². The first kappa shape index (κ1) is 16.0. The van der Waals surface area contributed by atoms with Gasteiger partial charge in [-0.25, -0.2) is 4.68 Å². The fourth-order valence-electron chi connectivity index (χ4n) is 3.31. The summed E-state index contributed by atoms with van der Waals surface area (Å²) in [5.74, 6) is 1.77. The lowest BCUT2D eigenvalue weighted by Crippen LogP contribution is -2.28. The van der Waals surface area contributed by atoms with Crippen molar-refractivity contribution in [2.45, 2.75) is 18.5 Å². The highest BCUT2D eigenvalue weighted by atomic mass is 79.9. The zero-order chi connectivity index (χ0) is 17.4. The Bertz CT molecular complexity index is 893. The fourth-order valence-corrected chi connectivity index (χ4v) is 3.57. The Labute approximate surface area is 154 Å². The number of hydrogen-bond acceptors (Lipinski definition) is 5. The molecule has 128 valence electrons. The van der Waals surface area contributed by atoms with Crippen molar-refractivity contribution in [1.29, 1.82) is 0 Å². The Balaban J connectivity index is 1.78. The average molecular weight is 400 g/mol. The van der Waals surface area contributed by atoms with E-state index in [1.807, 2.05) is 35.0 Å². The summed E-state index contributed by atoms with van der Waals surface area (Å²) < 4.78 is 8.46. The fraction of sp³-hybridized carbons (Fsp3) is 0.222. The SMILES string of the molecule is COc1ccccc1[C@@H]1C[C@H](c2ccc(Br)cc2)Nc2nc(N)nn21. The second kappa shape index (κ2) is 6.40. The summed E-state index contributed by atoms with van der Waals surface area (Å²) in [6, 6.07) is 16.4. The summed E-state index contributed by atoms with van der Waals surface area (Å²) >= 11 is 3.49. The molecule has 0 radical (unpaired) electrons. The summed E-state index contributed by atoms with van der Waals surface area (Å²) in [6.45, 7) is 0. The van der Waals surface area contributed by atoms with Crippen LogP contribution in [0, 0.1) is 0 Å². The molecule has 3 N–H and O–H groups in total. The molecule has 2 heterocycles. The number of ether oxygens (including phenoxy) is 1. The normalized spacial score (nSPS) is 19.1. The van der Waals surface area contributed by atoms with Gasteiger partial charge in [0.1, 0.15) is 5.75 Å². The van der Waals surface area contributed by atoms with Crippen LogP contribution >= 0.6 is 15.9 Å². The maximum atomic E-state index is 5.85. The number of aromatic nitrogens is 3. The van der Waals surface area contributed by atoms with Gasteiger partial charge in [0.25, 0.3) is 0 Å². The molecule has 0 bridgehead atoms. The smallest absolute Gasteiger partial charge is 0.241 e. The number of nitrogens with two attached hydrogens (primary N) is 1. The second-order valence-electron chi connectivity index (χ2n) is 5.98. The minimum absolute atomic E-state index is 0.00848. The molecule has 6 nitrogen and oxygen atoms in total. The predicted octanol–water partition coefficient (Wildman–Crippen LogP) is 3.78. The van der Waals surface area contributed by atoms with Gasteiger partial charge in [-0.1, -0.05) is 46.3 Å². The molecule has 0 unspecified atom stereocenters. The highest BCUT2D eigenvalue weighted by molar-refractivity contribution is 9.10. The molecular weight excluding hydrogens is 382 g/mol. The van der Waals surface area contributed by atoms with Crippen molar-refractivity contribution in [3.63, 3.8) is 0 Å². The molecule has 0 saturated heterocycles. The number of fused-ring (bicyclic) bond motifs is 1. The molecule has 3 aromatic rings. The standard InChI is InChI=1S/C18H18BrN5O/c1-25-16-5-3-2-4-13(16)15-10-14(11-6-8-12(19)9-7-11)21-18-22-17(20)23-24(15)18/h2-9,14-15H,10H2,1H3,(H3,20,21,22,23)/t14-,15+/m1/s1. The van der Waals surface area contributed by atoms with Gasteiger partial charge in [-0.15, -0.1) is 5.10 Å². The molecular formula is C18H18BrN5O. The van der Waals surface area contributed by atoms with Crippen LogP contribution in [0.3, 0.4) is 0 Å². The van der Waals surface area contributed by atoms with Crippen molar-refractivity contribution >= 4 is 27.8 Å². The van der Waals surface area contributed by atoms with Crippen molar-refractivity contribution in [2.75, 3.05) is 18.2 Å². The molecule has 1 aromatic heterocycles. The number of halogens is 1. The summed E-state index contributed by atoms with van der Waals surface area (Å²) in [4.78, 5) is 4.34. The third-order valence-corrected chi connectivity index (χ3v) is 5.00. The lowest BCUT2D eigenvalue weighted by molar-refractivity contribution is 0.380. The molecule has 0 amide bonds. The molecule has 4 rings (SSSR count). The van der Waals surface area contributed by atoms with Crippen LogP contribution in [0.4, 0.5) is 11.9 Å². The number of methoxy groups -OCH3 is 1. The maximum Gasteiger partial charge on any atom is 0.241 e. The van der Waals surface area contributed by atoms with Gasteiger partial charge in [0.15, 0.2) is 0 Å². The monoisotopic (exact) mass is 399 g/mol. The van der Waals surface area contributed by atoms with Gasteiger partial charge in [0, 0.05) is 10.0 Å². The molecule has 0 spiro atoms. The molecule has 0 fully saturated rings. The zero-order valence-electron chi connectivity index (χ0n) is 13.7. The van der Waals surface area contributed by atoms with Gasteiger partial charge in [-0.2, -0.15) is 4.98 Å². The van der Waals surface area contributed by atoms with Crippen LogP contribution in [-0.4, -0.2) is 21.9 Å². The van der Waals surface area contributed by atoms with Crippen molar-refractivity contribution in [3.05, 3.63) is 64.1 Å². The topological polar surface area (TPSA) is 78.0 Å². The summed E-state index contributed by atoms with van der Waals surface area (Å²) in [6.07, 6.45) is 0.817. The van der Waals surface area contributed by atoms with E-state index in [0.29, 0.717) is 5.95 Å². The molecule has 25 heavy (non-hydrogen) atoms. The van der Waals surface area contributed by atoms with Crippen LogP contribution in [-0.2, 0) is 0 Å². The molecule has 0 saturated carbocycles. The highest BCUT2D eigenvalue weighted by Crippen LogP contribution is 2.40. The van der Waals surface area contributed by atoms with Crippen LogP contribution in [0.5, 0.6) is 5.75 Å². The number of nitrogens with one attached hydrogen (secondary N) is 1. The Morgan fingerprint density at radius 1 is 1.20 bits per heavy atom. The third kappa shape index (κ3) is 2.95. The van der Waals surface area contributed by atoms with Gasteiger partial charge in [-0.05, 0) is 30.2 Å². The third-order valence-electron chi connectivity index (χ3n) is 4.48. The van der Waals surface area contributed by atoms with Crippen molar-refractivity contribution in [2.24, 2.45) is 0 Å². The van der Waals surface area contributed by atoms with Gasteiger partial charge in [-0.3, -0.25) is 0 Å². The molecule has 7 heteroatoms. The van der Waals surface area contributed by atoms with E-state index >= 15 is 0 Å². The van der Waals surface area contributed by atoms with E-state index in [9.17, 15) is 0 Å². The Hall–Kier alpha value is -2.54. The van der Waals surface area contributed by atoms with Crippen molar-refractivity contribution in [1.82, 2.24) is 14.8 Å². The zero-order valence-corrected chi connectivity index (χ0v) is 15.3. The Morgan fingerprint density at radius 2 is 1.96 bits per heavy atom. The Morgan fingerprint density at radius 3 is 2.72 bits per heavy atom. The van der Waals surface area contributed by atoms with Gasteiger partial charge >= 0.3 is 0 Å². The molecule has 1 aliphatic heterocycles. The summed E-state index contributed by atoms with van der Waals surface area (Å²) in [5, 5.41) is 7.83. The number of benzene rings is 2. The molecule has 1 aliphatic rings. The second-order valence-corrected chi connectivity index (χ2v) is 6.90. The Kier molecular flexibility index (Phi) is 4.09. The number of nitrogens with zero attached hydrogens (tertiary/aromatic N) is 3. The quantitative estimate of drug-likeness (QED) is 0.700. The van der Waals surface area contributed by atoms with Gasteiger partial charge < -0.3 is 15.8 Å². The van der Waals surface area contributed by atoms with E-state index in [-0.39, 0.29) is 18.0 Å². The number of rotatable bonds is 3. The largest absolute Gasteiger partial charge is 0.496 e. The summed E-state index contributed by atoms with van der Waals surface area (Å²) in [7, 11) is 1.68. The van der Waals surface area contributed by atoms with Gasteiger partial charge in [0.05, 0.1) is 19.2 Å². The molecule has 2 aromatic carbocycles. The first-order valence-corrected chi connectivity index (χ1v) is 8.82.